The molecule has 2 aliphatic rings. The van der Waals surface area contributed by atoms with Crippen LogP contribution in [0.4, 0.5) is 0 Å². The minimum Gasteiger partial charge on any atom is -0.378 e. The largest absolute Gasteiger partial charge is 0.378 e. The number of piperidine rings is 1. The highest BCUT2D eigenvalue weighted by atomic mass is 32.2. The monoisotopic (exact) mass is 451 g/mol. The highest BCUT2D eigenvalue weighted by Gasteiger charge is 2.38. The summed E-state index contributed by atoms with van der Waals surface area (Å²) in [7, 11) is -3.33. The molecule has 172 valence electrons. The van der Waals surface area contributed by atoms with E-state index in [1.165, 1.54) is 4.31 Å². The molecular formula is C22H33N3O5S. The van der Waals surface area contributed by atoms with Gasteiger partial charge in [-0.1, -0.05) is 17.7 Å². The third kappa shape index (κ3) is 5.64. The smallest absolute Gasteiger partial charge is 0.251 e. The molecule has 0 bridgehead atoms. The average molecular weight is 452 g/mol. The molecule has 2 saturated heterocycles. The summed E-state index contributed by atoms with van der Waals surface area (Å²) in [5.41, 5.74) is 1.48. The molecule has 0 aromatic heterocycles. The molecule has 2 heterocycles. The molecule has 3 rings (SSSR count). The number of carbonyl (C=O) groups excluding carboxylic acids is 2. The van der Waals surface area contributed by atoms with Gasteiger partial charge in [-0.15, -0.1) is 0 Å². The topological polar surface area (TPSA) is 96.0 Å². The molecule has 9 heteroatoms. The van der Waals surface area contributed by atoms with Crippen LogP contribution in [0.5, 0.6) is 0 Å². The van der Waals surface area contributed by atoms with Gasteiger partial charge in [-0.25, -0.2) is 12.7 Å². The number of ether oxygens (including phenoxy) is 1. The van der Waals surface area contributed by atoms with Crippen LogP contribution in [0, 0.1) is 12.8 Å². The van der Waals surface area contributed by atoms with Gasteiger partial charge in [0, 0.05) is 31.7 Å². The third-order valence-electron chi connectivity index (χ3n) is 6.08. The zero-order valence-electron chi connectivity index (χ0n) is 18.5. The van der Waals surface area contributed by atoms with Gasteiger partial charge in [-0.05, 0) is 51.7 Å². The number of aryl methyl sites for hydroxylation is 1. The Morgan fingerprint density at radius 3 is 2.32 bits per heavy atom. The van der Waals surface area contributed by atoms with Crippen LogP contribution in [-0.4, -0.2) is 80.1 Å². The summed E-state index contributed by atoms with van der Waals surface area (Å²) in [5, 5.41) is 2.49. The lowest BCUT2D eigenvalue weighted by Crippen LogP contribution is -2.56. The van der Waals surface area contributed by atoms with Gasteiger partial charge in [-0.3, -0.25) is 9.59 Å². The number of hydrogen-bond acceptors (Lipinski definition) is 5. The van der Waals surface area contributed by atoms with Crippen LogP contribution in [0.1, 0.15) is 42.6 Å². The Labute approximate surface area is 185 Å². The number of rotatable bonds is 6. The van der Waals surface area contributed by atoms with Gasteiger partial charge in [0.15, 0.2) is 0 Å². The van der Waals surface area contributed by atoms with E-state index in [2.05, 4.69) is 5.32 Å². The maximum atomic E-state index is 13.3. The summed E-state index contributed by atoms with van der Waals surface area (Å²) in [6, 6.07) is 6.57. The first-order chi connectivity index (χ1) is 14.7. The first kappa shape index (κ1) is 23.7. The van der Waals surface area contributed by atoms with Crippen molar-refractivity contribution < 1.29 is 22.7 Å². The van der Waals surface area contributed by atoms with E-state index in [4.69, 9.17) is 4.74 Å². The number of nitrogens with one attached hydrogen (secondary N) is 1. The molecule has 1 atom stereocenters. The quantitative estimate of drug-likeness (QED) is 0.705. The van der Waals surface area contributed by atoms with Crippen molar-refractivity contribution in [2.45, 2.75) is 44.9 Å². The van der Waals surface area contributed by atoms with Crippen molar-refractivity contribution in [3.8, 4) is 0 Å². The first-order valence-corrected chi connectivity index (χ1v) is 12.4. The number of amides is 2. The lowest BCUT2D eigenvalue weighted by Gasteiger charge is -2.38. The maximum absolute atomic E-state index is 13.3. The van der Waals surface area contributed by atoms with Gasteiger partial charge in [0.1, 0.15) is 6.04 Å². The van der Waals surface area contributed by atoms with Crippen molar-refractivity contribution in [2.24, 2.45) is 5.92 Å². The molecule has 0 spiro atoms. The van der Waals surface area contributed by atoms with E-state index >= 15 is 0 Å². The van der Waals surface area contributed by atoms with E-state index in [0.29, 0.717) is 57.8 Å². The number of morpholine rings is 1. The van der Waals surface area contributed by atoms with E-state index in [-0.39, 0.29) is 17.7 Å². The second kappa shape index (κ2) is 10.1. The molecule has 0 aliphatic carbocycles. The van der Waals surface area contributed by atoms with E-state index in [9.17, 15) is 18.0 Å². The standard InChI is InChI=1S/C22H33N3O5S/c1-16(2)31(28,29)25-9-7-18(8-10-25)20(22(27)24-11-13-30-14-12-24)23-21(26)19-6-4-5-17(3)15-19/h4-6,15-16,18,20H,7-14H2,1-3H3,(H,23,26)/t20-/m0/s1. The van der Waals surface area contributed by atoms with E-state index < -0.39 is 21.3 Å². The molecule has 1 aromatic rings. The fourth-order valence-corrected chi connectivity index (χ4v) is 5.45. The van der Waals surface area contributed by atoms with E-state index in [0.717, 1.165) is 5.56 Å². The third-order valence-corrected chi connectivity index (χ3v) is 8.36. The van der Waals surface area contributed by atoms with Crippen LogP contribution in [0.2, 0.25) is 0 Å². The summed E-state index contributed by atoms with van der Waals surface area (Å²) in [6.45, 7) is 7.94. The minimum absolute atomic E-state index is 0.116. The van der Waals surface area contributed by atoms with Crippen LogP contribution in [0.25, 0.3) is 0 Å². The number of carbonyl (C=O) groups is 2. The molecule has 2 aliphatic heterocycles. The van der Waals surface area contributed by atoms with Crippen LogP contribution < -0.4 is 5.32 Å². The Kier molecular flexibility index (Phi) is 7.72. The van der Waals surface area contributed by atoms with E-state index in [1.807, 2.05) is 19.1 Å². The fourth-order valence-electron chi connectivity index (χ4n) is 4.13. The van der Waals surface area contributed by atoms with Gasteiger partial charge in [0.05, 0.1) is 18.5 Å². The first-order valence-electron chi connectivity index (χ1n) is 10.9. The van der Waals surface area contributed by atoms with Gasteiger partial charge < -0.3 is 15.0 Å². The van der Waals surface area contributed by atoms with Crippen molar-refractivity contribution in [3.05, 3.63) is 35.4 Å². The van der Waals surface area contributed by atoms with Gasteiger partial charge in [-0.2, -0.15) is 0 Å². The van der Waals surface area contributed by atoms with Crippen molar-refractivity contribution in [1.29, 1.82) is 0 Å². The van der Waals surface area contributed by atoms with Gasteiger partial charge >= 0.3 is 0 Å². The van der Waals surface area contributed by atoms with Crippen LogP contribution in [0.15, 0.2) is 24.3 Å². The highest BCUT2D eigenvalue weighted by Crippen LogP contribution is 2.26. The molecule has 1 N–H and O–H groups in total. The van der Waals surface area contributed by atoms with Gasteiger partial charge in [0.2, 0.25) is 15.9 Å². The Bertz CT molecular complexity index is 888. The van der Waals surface area contributed by atoms with Crippen LogP contribution in [0.3, 0.4) is 0 Å². The molecule has 0 unspecified atom stereocenters. The molecule has 0 radical (unpaired) electrons. The summed E-state index contributed by atoms with van der Waals surface area (Å²) in [4.78, 5) is 28.0. The second-order valence-corrected chi connectivity index (χ2v) is 11.1. The number of benzene rings is 1. The molecule has 31 heavy (non-hydrogen) atoms. The second-order valence-electron chi connectivity index (χ2n) is 8.59. The summed E-state index contributed by atoms with van der Waals surface area (Å²) in [6.07, 6.45) is 1.06. The van der Waals surface area contributed by atoms with Crippen molar-refractivity contribution >= 4 is 21.8 Å². The van der Waals surface area contributed by atoms with Crippen molar-refractivity contribution in [3.63, 3.8) is 0 Å². The lowest BCUT2D eigenvalue weighted by atomic mass is 9.88. The lowest BCUT2D eigenvalue weighted by molar-refractivity contribution is -0.139. The maximum Gasteiger partial charge on any atom is 0.251 e. The average Bonchev–Trinajstić information content (AvgIpc) is 2.77. The van der Waals surface area contributed by atoms with E-state index in [1.54, 1.807) is 30.9 Å². The Hall–Kier alpha value is -1.97. The van der Waals surface area contributed by atoms with Crippen LogP contribution in [-0.2, 0) is 19.6 Å². The zero-order chi connectivity index (χ0) is 22.6. The molecular weight excluding hydrogens is 418 g/mol. The Balaban J connectivity index is 1.76. The minimum atomic E-state index is -3.33. The summed E-state index contributed by atoms with van der Waals surface area (Å²) >= 11 is 0. The SMILES string of the molecule is Cc1cccc(C(=O)N[C@H](C(=O)N2CCOCC2)C2CCN(S(=O)(=O)C(C)C)CC2)c1. The molecule has 2 fully saturated rings. The fraction of sp³-hybridized carbons (Fsp3) is 0.636. The summed E-state index contributed by atoms with van der Waals surface area (Å²) < 4.78 is 31.9. The normalized spacial score (nSPS) is 19.9. The van der Waals surface area contributed by atoms with Crippen molar-refractivity contribution in [2.75, 3.05) is 39.4 Å². The van der Waals surface area contributed by atoms with Crippen molar-refractivity contribution in [1.82, 2.24) is 14.5 Å². The molecule has 0 saturated carbocycles. The zero-order valence-corrected chi connectivity index (χ0v) is 19.4. The summed E-state index contributed by atoms with van der Waals surface area (Å²) in [5.74, 6) is -0.523. The highest BCUT2D eigenvalue weighted by molar-refractivity contribution is 7.89. The number of nitrogens with zero attached hydrogens (tertiary/aromatic N) is 2. The predicted molar refractivity (Wildman–Crippen MR) is 118 cm³/mol. The number of sulfonamides is 1. The molecule has 8 nitrogen and oxygen atoms in total. The Morgan fingerprint density at radius 1 is 1.10 bits per heavy atom. The number of hydrogen-bond donors (Lipinski definition) is 1. The Morgan fingerprint density at radius 2 is 1.74 bits per heavy atom. The predicted octanol–water partition coefficient (Wildman–Crippen LogP) is 1.40. The van der Waals surface area contributed by atoms with Gasteiger partial charge in [0.25, 0.3) is 5.91 Å². The van der Waals surface area contributed by atoms with Crippen LogP contribution >= 0.6 is 0 Å². The molecule has 1 aromatic carbocycles. The molecule has 2 amide bonds.